The zero-order valence-electron chi connectivity index (χ0n) is 8.33. The summed E-state index contributed by atoms with van der Waals surface area (Å²) in [5.74, 6) is -1.45. The van der Waals surface area contributed by atoms with E-state index in [1.807, 2.05) is 20.8 Å². The molecule has 0 aromatic heterocycles. The van der Waals surface area contributed by atoms with Crippen LogP contribution in [0.3, 0.4) is 0 Å². The minimum Gasteiger partial charge on any atom is -0.481 e. The van der Waals surface area contributed by atoms with E-state index in [1.54, 1.807) is 0 Å². The Balaban J connectivity index is 4.24. The van der Waals surface area contributed by atoms with Crippen molar-refractivity contribution < 1.29 is 14.7 Å². The van der Waals surface area contributed by atoms with Crippen molar-refractivity contribution in [3.05, 3.63) is 0 Å². The largest absolute Gasteiger partial charge is 0.481 e. The Morgan fingerprint density at radius 2 is 1.92 bits per heavy atom. The molecule has 76 valence electrons. The van der Waals surface area contributed by atoms with Crippen LogP contribution in [0.1, 0.15) is 27.2 Å². The molecule has 0 saturated heterocycles. The van der Waals surface area contributed by atoms with Gasteiger partial charge in [-0.15, -0.1) is 0 Å². The molecule has 1 atom stereocenters. The molecule has 0 aliphatic carbocycles. The summed E-state index contributed by atoms with van der Waals surface area (Å²) < 4.78 is 0. The van der Waals surface area contributed by atoms with Gasteiger partial charge in [-0.1, -0.05) is 13.8 Å². The lowest BCUT2D eigenvalue weighted by molar-refractivity contribution is -0.142. The van der Waals surface area contributed by atoms with Crippen molar-refractivity contribution in [3.63, 3.8) is 0 Å². The Morgan fingerprint density at radius 1 is 1.38 bits per heavy atom. The number of amides is 1. The van der Waals surface area contributed by atoms with E-state index in [2.05, 4.69) is 5.32 Å². The maximum atomic E-state index is 11.3. The number of carbonyl (C=O) groups is 2. The van der Waals surface area contributed by atoms with Crippen LogP contribution in [-0.2, 0) is 9.59 Å². The second kappa shape index (κ2) is 5.56. The molecule has 0 radical (unpaired) electrons. The topological polar surface area (TPSA) is 66.4 Å². The van der Waals surface area contributed by atoms with Crippen LogP contribution in [0.5, 0.6) is 0 Å². The normalized spacial score (nSPS) is 12.6. The molecule has 0 aliphatic rings. The molecule has 0 saturated carbocycles. The number of hydrogen-bond donors (Lipinski definition) is 2. The molecule has 0 aliphatic heterocycles. The van der Waals surface area contributed by atoms with Crippen molar-refractivity contribution in [2.45, 2.75) is 27.2 Å². The summed E-state index contributed by atoms with van der Waals surface area (Å²) >= 11 is 0. The van der Waals surface area contributed by atoms with Gasteiger partial charge in [0.15, 0.2) is 0 Å². The number of rotatable bonds is 5. The fourth-order valence-electron chi connectivity index (χ4n) is 1.12. The Morgan fingerprint density at radius 3 is 2.23 bits per heavy atom. The Labute approximate surface area is 78.3 Å². The molecule has 1 unspecified atom stereocenters. The average molecular weight is 187 g/mol. The molecule has 4 heteroatoms. The molecule has 13 heavy (non-hydrogen) atoms. The van der Waals surface area contributed by atoms with Crippen LogP contribution in [0, 0.1) is 11.8 Å². The van der Waals surface area contributed by atoms with Crippen molar-refractivity contribution in [1.82, 2.24) is 5.32 Å². The number of hydrogen-bond acceptors (Lipinski definition) is 2. The Kier molecular flexibility index (Phi) is 5.11. The number of nitrogens with one attached hydrogen (secondary N) is 1. The second-order valence-electron chi connectivity index (χ2n) is 3.34. The summed E-state index contributed by atoms with van der Waals surface area (Å²) in [6.07, 6.45) is -0.0938. The van der Waals surface area contributed by atoms with Crippen molar-refractivity contribution >= 4 is 11.9 Å². The van der Waals surface area contributed by atoms with E-state index >= 15 is 0 Å². The van der Waals surface area contributed by atoms with E-state index in [1.165, 1.54) is 0 Å². The van der Waals surface area contributed by atoms with Crippen LogP contribution >= 0.6 is 0 Å². The quantitative estimate of drug-likeness (QED) is 0.671. The first-order valence-electron chi connectivity index (χ1n) is 4.48. The van der Waals surface area contributed by atoms with Crippen LogP contribution in [0.25, 0.3) is 0 Å². The number of carbonyl (C=O) groups excluding carboxylic acids is 1. The molecule has 4 nitrogen and oxygen atoms in total. The summed E-state index contributed by atoms with van der Waals surface area (Å²) in [6.45, 7) is 6.06. The third kappa shape index (κ3) is 4.50. The van der Waals surface area contributed by atoms with Crippen LogP contribution in [0.2, 0.25) is 0 Å². The van der Waals surface area contributed by atoms with Crippen molar-refractivity contribution in [3.8, 4) is 0 Å². The summed E-state index contributed by atoms with van der Waals surface area (Å²) in [4.78, 5) is 21.8. The average Bonchev–Trinajstić information content (AvgIpc) is 1.99. The molecular formula is C9H17NO3. The van der Waals surface area contributed by atoms with Gasteiger partial charge in [0.25, 0.3) is 0 Å². The number of carboxylic acids is 1. The molecule has 0 heterocycles. The fraction of sp³-hybridized carbons (Fsp3) is 0.778. The van der Waals surface area contributed by atoms with Crippen molar-refractivity contribution in [2.24, 2.45) is 11.8 Å². The van der Waals surface area contributed by atoms with Crippen LogP contribution in [-0.4, -0.2) is 23.5 Å². The van der Waals surface area contributed by atoms with Gasteiger partial charge in [-0.2, -0.15) is 0 Å². The zero-order valence-corrected chi connectivity index (χ0v) is 8.33. The summed E-state index contributed by atoms with van der Waals surface area (Å²) in [5.41, 5.74) is 0. The van der Waals surface area contributed by atoms with Crippen LogP contribution in [0.15, 0.2) is 0 Å². The van der Waals surface area contributed by atoms with Gasteiger partial charge in [0.2, 0.25) is 5.91 Å². The monoisotopic (exact) mass is 187 g/mol. The van der Waals surface area contributed by atoms with Gasteiger partial charge < -0.3 is 10.4 Å². The SMILES string of the molecule is CCNC(=O)C(CC(=O)O)C(C)C. The molecular weight excluding hydrogens is 170 g/mol. The van der Waals surface area contributed by atoms with E-state index in [0.29, 0.717) is 6.54 Å². The molecule has 0 fully saturated rings. The van der Waals surface area contributed by atoms with E-state index in [9.17, 15) is 9.59 Å². The van der Waals surface area contributed by atoms with Gasteiger partial charge in [-0.25, -0.2) is 0 Å². The van der Waals surface area contributed by atoms with Gasteiger partial charge in [0.05, 0.1) is 12.3 Å². The first-order chi connectivity index (χ1) is 5.99. The molecule has 2 N–H and O–H groups in total. The highest BCUT2D eigenvalue weighted by Crippen LogP contribution is 2.15. The van der Waals surface area contributed by atoms with E-state index in [4.69, 9.17) is 5.11 Å². The van der Waals surface area contributed by atoms with Gasteiger partial charge in [-0.3, -0.25) is 9.59 Å². The van der Waals surface area contributed by atoms with E-state index in [0.717, 1.165) is 0 Å². The van der Waals surface area contributed by atoms with E-state index < -0.39 is 11.9 Å². The maximum absolute atomic E-state index is 11.3. The third-order valence-corrected chi connectivity index (χ3v) is 1.89. The first kappa shape index (κ1) is 11.9. The lowest BCUT2D eigenvalue weighted by Gasteiger charge is -2.17. The summed E-state index contributed by atoms with van der Waals surface area (Å²) in [5, 5.41) is 11.2. The second-order valence-corrected chi connectivity index (χ2v) is 3.34. The van der Waals surface area contributed by atoms with Crippen molar-refractivity contribution in [2.75, 3.05) is 6.54 Å². The lowest BCUT2D eigenvalue weighted by Crippen LogP contribution is -2.34. The van der Waals surface area contributed by atoms with Gasteiger partial charge in [-0.05, 0) is 12.8 Å². The fourth-order valence-corrected chi connectivity index (χ4v) is 1.12. The van der Waals surface area contributed by atoms with Gasteiger partial charge >= 0.3 is 5.97 Å². The smallest absolute Gasteiger partial charge is 0.304 e. The predicted octanol–water partition coefficient (Wildman–Crippen LogP) is 0.869. The molecule has 0 spiro atoms. The van der Waals surface area contributed by atoms with Crippen molar-refractivity contribution in [1.29, 1.82) is 0 Å². The molecule has 0 bridgehead atoms. The molecule has 0 aromatic carbocycles. The number of aliphatic carboxylic acids is 1. The first-order valence-corrected chi connectivity index (χ1v) is 4.48. The Hall–Kier alpha value is -1.06. The molecule has 0 aromatic rings. The molecule has 1 amide bonds. The minimum atomic E-state index is -0.926. The highest BCUT2D eigenvalue weighted by molar-refractivity contribution is 5.83. The highest BCUT2D eigenvalue weighted by atomic mass is 16.4. The summed E-state index contributed by atoms with van der Waals surface area (Å²) in [7, 11) is 0. The lowest BCUT2D eigenvalue weighted by atomic mass is 9.92. The minimum absolute atomic E-state index is 0.0580. The maximum Gasteiger partial charge on any atom is 0.304 e. The van der Waals surface area contributed by atoms with Gasteiger partial charge in [0.1, 0.15) is 0 Å². The third-order valence-electron chi connectivity index (χ3n) is 1.89. The standard InChI is InChI=1S/C9H17NO3/c1-4-10-9(13)7(6(2)3)5-8(11)12/h6-7H,4-5H2,1-3H3,(H,10,13)(H,11,12). The van der Waals surface area contributed by atoms with Crippen LogP contribution < -0.4 is 5.32 Å². The zero-order chi connectivity index (χ0) is 10.4. The predicted molar refractivity (Wildman–Crippen MR) is 49.3 cm³/mol. The van der Waals surface area contributed by atoms with E-state index in [-0.39, 0.29) is 18.2 Å². The van der Waals surface area contributed by atoms with Gasteiger partial charge in [0, 0.05) is 6.54 Å². The summed E-state index contributed by atoms with van der Waals surface area (Å²) in [6, 6.07) is 0. The van der Waals surface area contributed by atoms with Crippen LogP contribution in [0.4, 0.5) is 0 Å². The number of carboxylic acid groups (broad SMARTS) is 1. The molecule has 0 rings (SSSR count). The Bertz CT molecular complexity index is 189. The highest BCUT2D eigenvalue weighted by Gasteiger charge is 2.24.